The van der Waals surface area contributed by atoms with Crippen molar-refractivity contribution < 1.29 is 23.8 Å². The summed E-state index contributed by atoms with van der Waals surface area (Å²) in [6.45, 7) is 3.81. The molecule has 1 aliphatic heterocycles. The van der Waals surface area contributed by atoms with Gasteiger partial charge in [0.1, 0.15) is 0 Å². The summed E-state index contributed by atoms with van der Waals surface area (Å²) < 4.78 is 15.1. The third kappa shape index (κ3) is 5.34. The molecule has 2 aromatic carbocycles. The van der Waals surface area contributed by atoms with Crippen molar-refractivity contribution in [2.24, 2.45) is 4.99 Å². The average molecular weight is 447 g/mol. The van der Waals surface area contributed by atoms with Crippen LogP contribution in [-0.4, -0.2) is 30.9 Å². The van der Waals surface area contributed by atoms with Crippen molar-refractivity contribution in [3.05, 3.63) is 57.5 Å². The third-order valence-electron chi connectivity index (χ3n) is 3.98. The van der Waals surface area contributed by atoms with E-state index in [-0.39, 0.29) is 18.3 Å². The van der Waals surface area contributed by atoms with E-state index >= 15 is 0 Å². The van der Waals surface area contributed by atoms with Gasteiger partial charge >= 0.3 is 6.16 Å². The Hall–Kier alpha value is -2.97. The van der Waals surface area contributed by atoms with Gasteiger partial charge in [-0.1, -0.05) is 23.7 Å². The van der Waals surface area contributed by atoms with E-state index < -0.39 is 6.16 Å². The third-order valence-corrected chi connectivity index (χ3v) is 5.13. The Morgan fingerprint density at radius 2 is 2.03 bits per heavy atom. The summed E-state index contributed by atoms with van der Waals surface area (Å²) >= 11 is 7.25. The molecule has 0 bridgehead atoms. The van der Waals surface area contributed by atoms with Crippen molar-refractivity contribution in [2.75, 3.05) is 13.7 Å². The van der Waals surface area contributed by atoms with Gasteiger partial charge in [-0.15, -0.1) is 0 Å². The maximum Gasteiger partial charge on any atom is 0.513 e. The molecule has 0 atom stereocenters. The summed E-state index contributed by atoms with van der Waals surface area (Å²) in [5.41, 5.74) is 2.33. The highest BCUT2D eigenvalue weighted by atomic mass is 35.5. The van der Waals surface area contributed by atoms with Crippen LogP contribution in [0.4, 0.5) is 10.5 Å². The zero-order valence-electron chi connectivity index (χ0n) is 16.5. The van der Waals surface area contributed by atoms with Crippen LogP contribution in [0, 0.1) is 6.92 Å². The van der Waals surface area contributed by atoms with Crippen molar-refractivity contribution in [3.8, 4) is 11.5 Å². The number of hydrogen-bond donors (Lipinski definition) is 1. The first-order valence-corrected chi connectivity index (χ1v) is 10.2. The molecule has 1 N–H and O–H groups in total. The fourth-order valence-electron chi connectivity index (χ4n) is 2.54. The standard InChI is InChI=1S/C21H19ClN2O5S/c1-4-28-21(26)29-16-8-6-13(9-17(16)27-3)10-18-19(25)24-20(30-18)23-15-11-14(22)7-5-12(15)2/h5-11H,4H2,1-3H3,(H,23,24,25)/b18-10-. The summed E-state index contributed by atoms with van der Waals surface area (Å²) in [7, 11) is 1.46. The molecule has 2 aromatic rings. The Morgan fingerprint density at radius 1 is 1.23 bits per heavy atom. The van der Waals surface area contributed by atoms with Crippen LogP contribution >= 0.6 is 23.4 Å². The van der Waals surface area contributed by atoms with Gasteiger partial charge in [0.05, 0.1) is 24.3 Å². The molecule has 1 saturated heterocycles. The normalized spacial score (nSPS) is 15.9. The lowest BCUT2D eigenvalue weighted by molar-refractivity contribution is -0.115. The van der Waals surface area contributed by atoms with Crippen LogP contribution in [0.3, 0.4) is 0 Å². The van der Waals surface area contributed by atoms with E-state index in [0.29, 0.717) is 32.1 Å². The van der Waals surface area contributed by atoms with Crippen molar-refractivity contribution in [2.45, 2.75) is 13.8 Å². The van der Waals surface area contributed by atoms with Crippen molar-refractivity contribution >= 4 is 52.4 Å². The lowest BCUT2D eigenvalue weighted by atomic mass is 10.2. The van der Waals surface area contributed by atoms with Crippen LogP contribution in [0.1, 0.15) is 18.1 Å². The molecular formula is C21H19ClN2O5S. The Bertz CT molecular complexity index is 1050. The number of carbonyl (C=O) groups is 2. The number of aliphatic imine (C=N–C) groups is 1. The summed E-state index contributed by atoms with van der Waals surface area (Å²) in [5, 5.41) is 3.78. The lowest BCUT2D eigenvalue weighted by Crippen LogP contribution is -2.19. The number of halogens is 1. The van der Waals surface area contributed by atoms with E-state index in [1.165, 1.54) is 18.9 Å². The van der Waals surface area contributed by atoms with E-state index in [2.05, 4.69) is 10.3 Å². The van der Waals surface area contributed by atoms with E-state index in [9.17, 15) is 9.59 Å². The molecule has 0 saturated carbocycles. The summed E-state index contributed by atoms with van der Waals surface area (Å²) in [6, 6.07) is 10.3. The van der Waals surface area contributed by atoms with Crippen molar-refractivity contribution in [1.82, 2.24) is 5.32 Å². The zero-order chi connectivity index (χ0) is 21.7. The molecule has 1 fully saturated rings. The van der Waals surface area contributed by atoms with Gasteiger partial charge < -0.3 is 19.5 Å². The molecule has 1 amide bonds. The van der Waals surface area contributed by atoms with Crippen LogP contribution in [0.5, 0.6) is 11.5 Å². The SMILES string of the molecule is CCOC(=O)Oc1ccc(/C=C2\SC(=Nc3cc(Cl)ccc3C)NC2=O)cc1OC. The average Bonchev–Trinajstić information content (AvgIpc) is 3.04. The smallest absolute Gasteiger partial charge is 0.493 e. The highest BCUT2D eigenvalue weighted by Crippen LogP contribution is 2.33. The Morgan fingerprint density at radius 3 is 2.77 bits per heavy atom. The highest BCUT2D eigenvalue weighted by Gasteiger charge is 2.24. The van der Waals surface area contributed by atoms with Gasteiger partial charge in [-0.2, -0.15) is 0 Å². The molecule has 0 aliphatic carbocycles. The van der Waals surface area contributed by atoms with Gasteiger partial charge in [-0.3, -0.25) is 4.79 Å². The van der Waals surface area contributed by atoms with Gasteiger partial charge in [0.25, 0.3) is 5.91 Å². The minimum atomic E-state index is -0.815. The summed E-state index contributed by atoms with van der Waals surface area (Å²) in [6.07, 6.45) is 0.883. The summed E-state index contributed by atoms with van der Waals surface area (Å²) in [5.74, 6) is 0.300. The Labute approximate surface area is 183 Å². The molecule has 30 heavy (non-hydrogen) atoms. The van der Waals surface area contributed by atoms with Gasteiger partial charge in [-0.05, 0) is 67.1 Å². The molecule has 0 spiro atoms. The number of nitrogens with one attached hydrogen (secondary N) is 1. The number of ether oxygens (including phenoxy) is 3. The number of hydrogen-bond acceptors (Lipinski definition) is 7. The largest absolute Gasteiger partial charge is 0.513 e. The van der Waals surface area contributed by atoms with Gasteiger partial charge in [0, 0.05) is 5.02 Å². The van der Waals surface area contributed by atoms with Crippen LogP contribution in [0.25, 0.3) is 6.08 Å². The minimum Gasteiger partial charge on any atom is -0.493 e. The fourth-order valence-corrected chi connectivity index (χ4v) is 3.54. The molecule has 0 unspecified atom stereocenters. The summed E-state index contributed by atoms with van der Waals surface area (Å²) in [4.78, 5) is 28.8. The fraction of sp³-hybridized carbons (Fsp3) is 0.190. The topological polar surface area (TPSA) is 86.2 Å². The predicted molar refractivity (Wildman–Crippen MR) is 118 cm³/mol. The highest BCUT2D eigenvalue weighted by molar-refractivity contribution is 8.18. The van der Waals surface area contributed by atoms with Crippen molar-refractivity contribution in [3.63, 3.8) is 0 Å². The second-order valence-corrected chi connectivity index (χ2v) is 7.57. The second kappa shape index (κ2) is 9.69. The number of benzene rings is 2. The molecule has 1 aliphatic rings. The molecule has 7 nitrogen and oxygen atoms in total. The molecular weight excluding hydrogens is 428 g/mol. The molecule has 9 heteroatoms. The number of thioether (sulfide) groups is 1. The number of amides is 1. The first kappa shape index (κ1) is 21.7. The molecule has 0 radical (unpaired) electrons. The van der Waals surface area contributed by atoms with Crippen LogP contribution in [0.15, 0.2) is 46.3 Å². The Kier molecular flexibility index (Phi) is 7.02. The maximum atomic E-state index is 12.3. The monoisotopic (exact) mass is 446 g/mol. The van der Waals surface area contributed by atoms with Gasteiger partial charge in [0.15, 0.2) is 16.7 Å². The molecule has 1 heterocycles. The molecule has 0 aromatic heterocycles. The predicted octanol–water partition coefficient (Wildman–Crippen LogP) is 5.08. The first-order chi connectivity index (χ1) is 14.4. The van der Waals surface area contributed by atoms with E-state index in [4.69, 9.17) is 25.8 Å². The zero-order valence-corrected chi connectivity index (χ0v) is 18.1. The van der Waals surface area contributed by atoms with E-state index in [0.717, 1.165) is 5.56 Å². The second-order valence-electron chi connectivity index (χ2n) is 6.11. The lowest BCUT2D eigenvalue weighted by Gasteiger charge is -2.09. The maximum absolute atomic E-state index is 12.3. The van der Waals surface area contributed by atoms with Crippen LogP contribution in [0.2, 0.25) is 5.02 Å². The van der Waals surface area contributed by atoms with Gasteiger partial charge in [-0.25, -0.2) is 9.79 Å². The number of carbonyl (C=O) groups excluding carboxylic acids is 2. The Balaban J connectivity index is 1.81. The van der Waals surface area contributed by atoms with E-state index in [1.807, 2.05) is 13.0 Å². The van der Waals surface area contributed by atoms with E-state index in [1.54, 1.807) is 43.3 Å². The number of rotatable bonds is 5. The number of nitrogens with zero attached hydrogens (tertiary/aromatic N) is 1. The van der Waals surface area contributed by atoms with Gasteiger partial charge in [0.2, 0.25) is 0 Å². The number of amidine groups is 1. The van der Waals surface area contributed by atoms with Crippen LogP contribution in [-0.2, 0) is 9.53 Å². The molecule has 3 rings (SSSR count). The van der Waals surface area contributed by atoms with Crippen LogP contribution < -0.4 is 14.8 Å². The quantitative estimate of drug-likeness (QED) is 0.391. The van der Waals surface area contributed by atoms with Crippen molar-refractivity contribution in [1.29, 1.82) is 0 Å². The number of methoxy groups -OCH3 is 1. The molecule has 156 valence electrons. The first-order valence-electron chi connectivity index (χ1n) is 8.98. The minimum absolute atomic E-state index is 0.205. The number of aryl methyl sites for hydroxylation is 1.